The number of piperidine rings is 1. The van der Waals surface area contributed by atoms with Gasteiger partial charge in [0.25, 0.3) is 0 Å². The Morgan fingerprint density at radius 2 is 1.81 bits per heavy atom. The van der Waals surface area contributed by atoms with Gasteiger partial charge in [-0.3, -0.25) is 9.36 Å². The van der Waals surface area contributed by atoms with E-state index in [0.29, 0.717) is 18.7 Å². The first-order chi connectivity index (χ1) is 15.3. The van der Waals surface area contributed by atoms with Crippen LogP contribution in [0.5, 0.6) is 5.75 Å². The number of ether oxygens (including phenoxy) is 1. The number of halogens is 1. The van der Waals surface area contributed by atoms with E-state index in [4.69, 9.17) is 4.74 Å². The molecule has 0 N–H and O–H groups in total. The Morgan fingerprint density at radius 3 is 2.47 bits per heavy atom. The normalized spacial score (nSPS) is 18.1. The molecule has 0 radical (unpaired) electrons. The number of likely N-dealkylation sites (tertiary alicyclic amines) is 1. The zero-order valence-corrected chi connectivity index (χ0v) is 18.7. The summed E-state index contributed by atoms with van der Waals surface area (Å²) in [5.41, 5.74) is 3.28. The molecule has 2 heterocycles. The van der Waals surface area contributed by atoms with Crippen LogP contribution in [0.4, 0.5) is 4.39 Å². The fraction of sp³-hybridized carbons (Fsp3) is 0.320. The van der Waals surface area contributed by atoms with Gasteiger partial charge in [0, 0.05) is 12.1 Å². The van der Waals surface area contributed by atoms with Gasteiger partial charge in [-0.2, -0.15) is 0 Å². The van der Waals surface area contributed by atoms with E-state index in [9.17, 15) is 9.18 Å². The lowest BCUT2D eigenvalue weighted by Gasteiger charge is -2.42. The highest BCUT2D eigenvalue weighted by atomic mass is 19.1. The number of carbonyl (C=O) groups is 1. The minimum Gasteiger partial charge on any atom is -0.495 e. The van der Waals surface area contributed by atoms with Crippen LogP contribution in [0.15, 0.2) is 60.7 Å². The van der Waals surface area contributed by atoms with Crippen molar-refractivity contribution >= 4 is 12.0 Å². The number of hydrogen-bond donors (Lipinski definition) is 0. The van der Waals surface area contributed by atoms with Crippen LogP contribution in [-0.2, 0) is 4.79 Å². The van der Waals surface area contributed by atoms with Crippen molar-refractivity contribution in [2.24, 2.45) is 5.41 Å². The third-order valence-electron chi connectivity index (χ3n) is 5.86. The molecule has 1 saturated heterocycles. The number of hydrogen-bond acceptors (Lipinski definition) is 4. The van der Waals surface area contributed by atoms with Crippen molar-refractivity contribution in [3.8, 4) is 11.4 Å². The van der Waals surface area contributed by atoms with Gasteiger partial charge in [0.2, 0.25) is 5.91 Å². The molecule has 6 nitrogen and oxygen atoms in total. The van der Waals surface area contributed by atoms with Crippen molar-refractivity contribution in [1.29, 1.82) is 0 Å². The van der Waals surface area contributed by atoms with Gasteiger partial charge in [-0.15, -0.1) is 10.2 Å². The molecule has 4 rings (SSSR count). The lowest BCUT2D eigenvalue weighted by atomic mass is 9.79. The van der Waals surface area contributed by atoms with Gasteiger partial charge in [0.15, 0.2) is 0 Å². The standard InChI is InChI=1S/C25H27FN4O2/c1-17(19-6-8-21(26)9-7-19)30-14-25(2,3)13-20(24(30)31)11-18-5-10-22(23(12-18)32-4)29-15-27-28-16-29/h5-12,15-17H,13-14H2,1-4H3/b20-11+/t17-/m0/s1. The van der Waals surface area contributed by atoms with Gasteiger partial charge in [-0.25, -0.2) is 4.39 Å². The molecule has 2 aromatic carbocycles. The first-order valence-electron chi connectivity index (χ1n) is 10.6. The Morgan fingerprint density at radius 1 is 1.12 bits per heavy atom. The smallest absolute Gasteiger partial charge is 0.250 e. The minimum absolute atomic E-state index is 0.00278. The predicted octanol–water partition coefficient (Wildman–Crippen LogP) is 4.82. The second kappa shape index (κ2) is 8.57. The fourth-order valence-corrected chi connectivity index (χ4v) is 4.23. The molecule has 0 bridgehead atoms. The molecule has 7 heteroatoms. The Bertz CT molecular complexity index is 1140. The molecular formula is C25H27FN4O2. The van der Waals surface area contributed by atoms with Crippen LogP contribution in [0.3, 0.4) is 0 Å². The maximum absolute atomic E-state index is 13.4. The number of aromatic nitrogens is 3. The van der Waals surface area contributed by atoms with Crippen molar-refractivity contribution in [3.05, 3.63) is 77.6 Å². The summed E-state index contributed by atoms with van der Waals surface area (Å²) in [5, 5.41) is 7.69. The lowest BCUT2D eigenvalue weighted by molar-refractivity contribution is -0.133. The predicted molar refractivity (Wildman–Crippen MR) is 121 cm³/mol. The second-order valence-corrected chi connectivity index (χ2v) is 8.97. The Balaban J connectivity index is 1.66. The summed E-state index contributed by atoms with van der Waals surface area (Å²) in [6.45, 7) is 6.94. The molecular weight excluding hydrogens is 407 g/mol. The average Bonchev–Trinajstić information content (AvgIpc) is 3.30. The fourth-order valence-electron chi connectivity index (χ4n) is 4.23. The van der Waals surface area contributed by atoms with Crippen LogP contribution in [0.25, 0.3) is 11.8 Å². The van der Waals surface area contributed by atoms with Crippen LogP contribution < -0.4 is 4.74 Å². The van der Waals surface area contributed by atoms with E-state index in [1.54, 1.807) is 36.5 Å². The summed E-state index contributed by atoms with van der Waals surface area (Å²) < 4.78 is 20.7. The molecule has 166 valence electrons. The first-order valence-corrected chi connectivity index (χ1v) is 10.6. The van der Waals surface area contributed by atoms with Crippen LogP contribution in [0.1, 0.15) is 44.4 Å². The Labute approximate surface area is 187 Å². The van der Waals surface area contributed by atoms with Crippen LogP contribution >= 0.6 is 0 Å². The Hall–Kier alpha value is -3.48. The summed E-state index contributed by atoms with van der Waals surface area (Å²) in [4.78, 5) is 15.3. The van der Waals surface area contributed by atoms with E-state index >= 15 is 0 Å². The highest BCUT2D eigenvalue weighted by molar-refractivity contribution is 5.99. The quantitative estimate of drug-likeness (QED) is 0.541. The molecule has 32 heavy (non-hydrogen) atoms. The lowest BCUT2D eigenvalue weighted by Crippen LogP contribution is -2.46. The number of rotatable bonds is 5. The maximum atomic E-state index is 13.4. The van der Waals surface area contributed by atoms with Crippen molar-refractivity contribution in [1.82, 2.24) is 19.7 Å². The number of amides is 1. The number of nitrogens with zero attached hydrogens (tertiary/aromatic N) is 4. The molecule has 1 aliphatic heterocycles. The average molecular weight is 435 g/mol. The van der Waals surface area contributed by atoms with Crippen LogP contribution in [0.2, 0.25) is 0 Å². The SMILES string of the molecule is COc1cc(/C=C2\CC(C)(C)CN([C@@H](C)c3ccc(F)cc3)C2=O)ccc1-n1cnnc1. The van der Waals surface area contributed by atoms with E-state index in [0.717, 1.165) is 22.4 Å². The van der Waals surface area contributed by atoms with E-state index in [1.807, 2.05) is 36.1 Å². The number of methoxy groups -OCH3 is 1. The molecule has 1 amide bonds. The van der Waals surface area contributed by atoms with E-state index < -0.39 is 0 Å². The molecule has 1 atom stereocenters. The molecule has 1 aliphatic rings. The number of carbonyl (C=O) groups excluding carboxylic acids is 1. The van der Waals surface area contributed by atoms with Crippen LogP contribution in [-0.4, -0.2) is 39.2 Å². The van der Waals surface area contributed by atoms with E-state index in [-0.39, 0.29) is 23.2 Å². The summed E-state index contributed by atoms with van der Waals surface area (Å²) in [6.07, 6.45) is 5.83. The summed E-state index contributed by atoms with van der Waals surface area (Å²) in [7, 11) is 1.61. The topological polar surface area (TPSA) is 60.2 Å². The molecule has 0 aliphatic carbocycles. The highest BCUT2D eigenvalue weighted by Gasteiger charge is 2.37. The van der Waals surface area contributed by atoms with Gasteiger partial charge in [0.1, 0.15) is 24.2 Å². The largest absolute Gasteiger partial charge is 0.495 e. The van der Waals surface area contributed by atoms with Crippen LogP contribution in [0, 0.1) is 11.2 Å². The molecule has 0 spiro atoms. The molecule has 0 saturated carbocycles. The molecule has 1 aromatic heterocycles. The van der Waals surface area contributed by atoms with Crippen molar-refractivity contribution < 1.29 is 13.9 Å². The van der Waals surface area contributed by atoms with Crippen molar-refractivity contribution in [3.63, 3.8) is 0 Å². The maximum Gasteiger partial charge on any atom is 0.250 e. The van der Waals surface area contributed by atoms with Crippen molar-refractivity contribution in [2.75, 3.05) is 13.7 Å². The van der Waals surface area contributed by atoms with Crippen molar-refractivity contribution in [2.45, 2.75) is 33.2 Å². The highest BCUT2D eigenvalue weighted by Crippen LogP contribution is 2.38. The van der Waals surface area contributed by atoms with Gasteiger partial charge < -0.3 is 9.64 Å². The van der Waals surface area contributed by atoms with Gasteiger partial charge in [0.05, 0.1) is 18.8 Å². The third-order valence-corrected chi connectivity index (χ3v) is 5.86. The summed E-state index contributed by atoms with van der Waals surface area (Å²) >= 11 is 0. The monoisotopic (exact) mass is 434 g/mol. The second-order valence-electron chi connectivity index (χ2n) is 8.97. The zero-order valence-electron chi connectivity index (χ0n) is 18.7. The molecule has 1 fully saturated rings. The minimum atomic E-state index is -0.282. The first kappa shape index (κ1) is 21.7. The molecule has 0 unspecified atom stereocenters. The van der Waals surface area contributed by atoms with E-state index in [1.165, 1.54) is 12.1 Å². The number of benzene rings is 2. The van der Waals surface area contributed by atoms with Gasteiger partial charge in [-0.1, -0.05) is 32.0 Å². The van der Waals surface area contributed by atoms with E-state index in [2.05, 4.69) is 24.0 Å². The molecule has 3 aromatic rings. The summed E-state index contributed by atoms with van der Waals surface area (Å²) in [5.74, 6) is 0.386. The zero-order chi connectivity index (χ0) is 22.9. The Kier molecular flexibility index (Phi) is 5.82. The van der Waals surface area contributed by atoms with Gasteiger partial charge in [-0.05, 0) is 60.2 Å². The van der Waals surface area contributed by atoms with Gasteiger partial charge >= 0.3 is 0 Å². The summed E-state index contributed by atoms with van der Waals surface area (Å²) in [6, 6.07) is 12.0. The third kappa shape index (κ3) is 4.42.